The third-order valence-electron chi connectivity index (χ3n) is 3.58. The Morgan fingerprint density at radius 1 is 1.04 bits per heavy atom. The van der Waals surface area contributed by atoms with Crippen molar-refractivity contribution >= 4 is 17.9 Å². The van der Waals surface area contributed by atoms with Crippen LogP contribution in [0.5, 0.6) is 0 Å². The van der Waals surface area contributed by atoms with E-state index < -0.39 is 17.5 Å². The minimum Gasteiger partial charge on any atom is -0.543 e. The summed E-state index contributed by atoms with van der Waals surface area (Å²) in [7, 11) is 7.99. The standard InChI is InChI=1S/C8H16NO2.C7H13NO4/c1-6-9(4,5)11-8(10)7(2)3;1-7(5(9)10,6(11)12)8(2,3)4/h2,6H2,1,3-5H3;1-4H3,(H-,9,10,11,12)/q+1;/p-1. The number of quaternary nitrogens is 2. The van der Waals surface area contributed by atoms with Crippen LogP contribution in [0.1, 0.15) is 20.8 Å². The molecule has 0 spiro atoms. The zero-order valence-corrected chi connectivity index (χ0v) is 15.3. The number of carbonyl (C=O) groups excluding carboxylic acids is 3. The molecule has 8 heteroatoms. The van der Waals surface area contributed by atoms with Gasteiger partial charge in [0.15, 0.2) is 5.54 Å². The van der Waals surface area contributed by atoms with Gasteiger partial charge in [0.05, 0.1) is 21.1 Å². The van der Waals surface area contributed by atoms with Crippen molar-refractivity contribution in [2.75, 3.05) is 41.8 Å². The number of hydrogen-bond donors (Lipinski definition) is 0. The van der Waals surface area contributed by atoms with Gasteiger partial charge in [0.25, 0.3) is 0 Å². The van der Waals surface area contributed by atoms with E-state index in [1.807, 2.05) is 21.0 Å². The number of carboxylic acid groups (broad SMARTS) is 2. The Labute approximate surface area is 137 Å². The first-order valence-electron chi connectivity index (χ1n) is 6.99. The van der Waals surface area contributed by atoms with Crippen LogP contribution in [0.25, 0.3) is 0 Å². The van der Waals surface area contributed by atoms with Crippen molar-refractivity contribution in [2.24, 2.45) is 0 Å². The second-order valence-electron chi connectivity index (χ2n) is 6.71. The molecule has 0 N–H and O–H groups in total. The second kappa shape index (κ2) is 8.07. The van der Waals surface area contributed by atoms with Crippen molar-refractivity contribution in [3.8, 4) is 0 Å². The number of hydroxylamine groups is 3. The van der Waals surface area contributed by atoms with Crippen LogP contribution >= 0.6 is 0 Å². The summed E-state index contributed by atoms with van der Waals surface area (Å²) in [6.07, 6.45) is 0. The summed E-state index contributed by atoms with van der Waals surface area (Å²) in [6.45, 7) is 8.89. The minimum absolute atomic E-state index is 0.242. The van der Waals surface area contributed by atoms with Crippen molar-refractivity contribution in [3.63, 3.8) is 0 Å². The van der Waals surface area contributed by atoms with E-state index in [4.69, 9.17) is 4.84 Å². The van der Waals surface area contributed by atoms with Crippen molar-refractivity contribution in [2.45, 2.75) is 26.3 Å². The molecule has 0 aromatic heterocycles. The van der Waals surface area contributed by atoms with Crippen molar-refractivity contribution in [3.05, 3.63) is 12.2 Å². The van der Waals surface area contributed by atoms with Crippen LogP contribution in [0.15, 0.2) is 12.2 Å². The molecule has 0 aromatic carbocycles. The van der Waals surface area contributed by atoms with Crippen molar-refractivity contribution in [1.82, 2.24) is 0 Å². The molecule has 0 heterocycles. The SMILES string of the molecule is C=C(C)C(=O)O[N+](C)(C)CC.CC(C(=O)[O-])(C(=O)[O-])[N+](C)(C)C. The summed E-state index contributed by atoms with van der Waals surface area (Å²) >= 11 is 0. The lowest BCUT2D eigenvalue weighted by molar-refractivity contribution is -1.06. The molecule has 0 atom stereocenters. The number of aliphatic carboxylic acids is 2. The van der Waals surface area contributed by atoms with E-state index >= 15 is 0 Å². The Kier molecular flexibility index (Phi) is 8.19. The maximum atomic E-state index is 11.0. The third kappa shape index (κ3) is 6.79. The van der Waals surface area contributed by atoms with Crippen LogP contribution < -0.4 is 10.2 Å². The number of carboxylic acids is 2. The Morgan fingerprint density at radius 3 is 1.52 bits per heavy atom. The molecular weight excluding hydrogens is 304 g/mol. The van der Waals surface area contributed by atoms with Gasteiger partial charge in [-0.3, -0.25) is 4.84 Å². The maximum absolute atomic E-state index is 11.0. The number of nitrogens with zero attached hydrogens (tertiary/aromatic N) is 2. The Morgan fingerprint density at radius 2 is 1.39 bits per heavy atom. The van der Waals surface area contributed by atoms with Gasteiger partial charge in [-0.25, -0.2) is 4.79 Å². The third-order valence-corrected chi connectivity index (χ3v) is 3.58. The number of likely N-dealkylation sites (N-methyl/N-ethyl adjacent to an activating group) is 1. The van der Waals surface area contributed by atoms with Crippen LogP contribution in [0.4, 0.5) is 0 Å². The minimum atomic E-state index is -2.01. The molecule has 0 bridgehead atoms. The van der Waals surface area contributed by atoms with Gasteiger partial charge in [-0.15, -0.1) is 4.65 Å². The molecule has 0 fully saturated rings. The maximum Gasteiger partial charge on any atom is 0.392 e. The van der Waals surface area contributed by atoms with Gasteiger partial charge in [-0.1, -0.05) is 6.58 Å². The molecule has 0 aromatic rings. The molecular formula is C15H28N2O6. The molecule has 0 radical (unpaired) electrons. The predicted octanol–water partition coefficient (Wildman–Crippen LogP) is -1.93. The fourth-order valence-corrected chi connectivity index (χ4v) is 0.998. The van der Waals surface area contributed by atoms with Crippen molar-refractivity contribution in [1.29, 1.82) is 0 Å². The normalized spacial score (nSPS) is 11.8. The summed E-state index contributed by atoms with van der Waals surface area (Å²) in [6, 6.07) is 0. The highest BCUT2D eigenvalue weighted by Crippen LogP contribution is 2.16. The van der Waals surface area contributed by atoms with E-state index in [0.717, 1.165) is 13.5 Å². The molecule has 0 saturated carbocycles. The van der Waals surface area contributed by atoms with E-state index in [2.05, 4.69) is 6.58 Å². The summed E-state index contributed by atoms with van der Waals surface area (Å²) < 4.78 is -0.0383. The zero-order chi connectivity index (χ0) is 19.2. The first kappa shape index (κ1) is 23.3. The van der Waals surface area contributed by atoms with Crippen molar-refractivity contribution < 1.29 is 38.6 Å². The lowest BCUT2D eigenvalue weighted by atomic mass is 9.99. The topological polar surface area (TPSA) is 107 Å². The van der Waals surface area contributed by atoms with E-state index in [1.54, 1.807) is 6.92 Å². The average Bonchev–Trinajstić information content (AvgIpc) is 2.35. The fraction of sp³-hybridized carbons (Fsp3) is 0.667. The van der Waals surface area contributed by atoms with E-state index in [0.29, 0.717) is 5.57 Å². The summed E-state index contributed by atoms with van der Waals surface area (Å²) in [4.78, 5) is 37.2. The van der Waals surface area contributed by atoms with Crippen LogP contribution in [-0.4, -0.2) is 74.4 Å². The summed E-state index contributed by atoms with van der Waals surface area (Å²) in [5, 5.41) is 21.1. The van der Waals surface area contributed by atoms with Gasteiger partial charge in [-0.2, -0.15) is 0 Å². The van der Waals surface area contributed by atoms with Gasteiger partial charge < -0.3 is 24.3 Å². The van der Waals surface area contributed by atoms with Crippen LogP contribution in [0, 0.1) is 0 Å². The Balaban J connectivity index is 0. The quantitative estimate of drug-likeness (QED) is 0.243. The van der Waals surface area contributed by atoms with E-state index in [9.17, 15) is 24.6 Å². The smallest absolute Gasteiger partial charge is 0.392 e. The van der Waals surface area contributed by atoms with Gasteiger partial charge in [0.1, 0.15) is 32.6 Å². The summed E-state index contributed by atoms with van der Waals surface area (Å²) in [5.41, 5.74) is -1.58. The zero-order valence-electron chi connectivity index (χ0n) is 15.3. The molecule has 0 rings (SSSR count). The van der Waals surface area contributed by atoms with E-state index in [1.165, 1.54) is 21.1 Å². The highest BCUT2D eigenvalue weighted by atomic mass is 16.7. The molecule has 0 aliphatic carbocycles. The second-order valence-corrected chi connectivity index (χ2v) is 6.71. The Hall–Kier alpha value is -1.93. The molecule has 0 aliphatic rings. The van der Waals surface area contributed by atoms with Crippen LogP contribution in [-0.2, 0) is 19.2 Å². The van der Waals surface area contributed by atoms with Gasteiger partial charge in [-0.05, 0) is 13.8 Å². The molecule has 0 unspecified atom stereocenters. The molecule has 23 heavy (non-hydrogen) atoms. The predicted molar refractivity (Wildman–Crippen MR) is 80.0 cm³/mol. The number of carbonyl (C=O) groups is 3. The molecule has 8 nitrogen and oxygen atoms in total. The fourth-order valence-electron chi connectivity index (χ4n) is 0.998. The molecule has 0 amide bonds. The highest BCUT2D eigenvalue weighted by molar-refractivity contribution is 5.99. The van der Waals surface area contributed by atoms with Gasteiger partial charge in [0, 0.05) is 12.5 Å². The first-order valence-corrected chi connectivity index (χ1v) is 6.99. The highest BCUT2D eigenvalue weighted by Gasteiger charge is 2.41. The van der Waals surface area contributed by atoms with E-state index in [-0.39, 0.29) is 15.1 Å². The molecule has 0 aliphatic heterocycles. The van der Waals surface area contributed by atoms with Gasteiger partial charge in [0.2, 0.25) is 0 Å². The monoisotopic (exact) mass is 332 g/mol. The Bertz CT molecular complexity index is 463. The summed E-state index contributed by atoms with van der Waals surface area (Å²) in [5.74, 6) is -3.62. The molecule has 134 valence electrons. The first-order chi connectivity index (χ1) is 10.0. The van der Waals surface area contributed by atoms with Crippen LogP contribution in [0.3, 0.4) is 0 Å². The van der Waals surface area contributed by atoms with Crippen LogP contribution in [0.2, 0.25) is 0 Å². The lowest BCUT2D eigenvalue weighted by Gasteiger charge is -2.44. The molecule has 0 saturated heterocycles. The lowest BCUT2D eigenvalue weighted by Crippen LogP contribution is -2.71. The average molecular weight is 332 g/mol. The largest absolute Gasteiger partial charge is 0.543 e. The number of rotatable bonds is 6. The van der Waals surface area contributed by atoms with Gasteiger partial charge >= 0.3 is 5.97 Å². The number of hydrogen-bond acceptors (Lipinski definition) is 6.